The average Bonchev–Trinajstić information content (AvgIpc) is 3.85. The molecule has 0 radical (unpaired) electrons. The molecule has 228 valence electrons. The van der Waals surface area contributed by atoms with Crippen LogP contribution in [0.4, 0.5) is 17.6 Å². The van der Waals surface area contributed by atoms with Crippen molar-refractivity contribution < 1.29 is 43.6 Å². The number of aryl methyl sites for hydroxylation is 2. The number of halogens is 4. The van der Waals surface area contributed by atoms with Crippen molar-refractivity contribution in [2.24, 2.45) is 0 Å². The van der Waals surface area contributed by atoms with Gasteiger partial charge in [0.05, 0.1) is 0 Å². The van der Waals surface area contributed by atoms with Crippen LogP contribution in [0.5, 0.6) is 0 Å². The Hall–Kier alpha value is -3.69. The van der Waals surface area contributed by atoms with E-state index in [9.17, 15) is 0 Å². The number of rotatable bonds is 6. The van der Waals surface area contributed by atoms with Crippen LogP contribution in [-0.4, -0.2) is 9.13 Å². The fraction of sp³-hybridized carbons (Fsp3) is 0.222. The first kappa shape index (κ1) is 28.8. The summed E-state index contributed by atoms with van der Waals surface area (Å²) in [4.78, 5) is 0. The average molecular weight is 647 g/mol. The Morgan fingerprint density at radius 1 is 0.622 bits per heavy atom. The zero-order valence-electron chi connectivity index (χ0n) is 24.9. The minimum atomic E-state index is -5.03. The summed E-state index contributed by atoms with van der Waals surface area (Å²) < 4.78 is 83.9. The van der Waals surface area contributed by atoms with E-state index in [-0.39, 0.29) is 19.1 Å². The second kappa shape index (κ2) is 10.7. The zero-order valence-corrected chi connectivity index (χ0v) is 26.5. The normalized spacial score (nSPS) is 16.9. The topological polar surface area (TPSA) is 28.3 Å². The first-order chi connectivity index (χ1) is 21.8. The van der Waals surface area contributed by atoms with Crippen LogP contribution >= 0.6 is 0 Å². The van der Waals surface area contributed by atoms with Crippen molar-refractivity contribution in [2.45, 2.75) is 53.1 Å². The first-order valence-corrected chi connectivity index (χ1v) is 18.2. The van der Waals surface area contributed by atoms with E-state index in [2.05, 4.69) is 0 Å². The monoisotopic (exact) mass is 646 g/mol. The van der Waals surface area contributed by atoms with Crippen LogP contribution in [0.3, 0.4) is 0 Å². The maximum absolute atomic E-state index is 17.5. The number of nitrogens with zero attached hydrogens (tertiary/aromatic N) is 2. The molecule has 0 saturated carbocycles. The molecule has 0 spiro atoms. The molecule has 0 atom stereocenters. The third-order valence-electron chi connectivity index (χ3n) is 9.62. The number of ether oxygens (including phenoxy) is 2. The molecule has 2 aliphatic carbocycles. The quantitative estimate of drug-likeness (QED) is 0.163. The van der Waals surface area contributed by atoms with E-state index in [1.54, 1.807) is 9.13 Å². The Bertz CT molecular complexity index is 1900. The van der Waals surface area contributed by atoms with Gasteiger partial charge in [-0.15, -0.1) is 0 Å². The molecule has 9 heteroatoms. The molecular formula is C36H30F4N2O2Ti. The molecule has 0 saturated heterocycles. The van der Waals surface area contributed by atoms with Gasteiger partial charge in [-0.25, -0.2) is 0 Å². The van der Waals surface area contributed by atoms with Crippen molar-refractivity contribution in [3.63, 3.8) is 0 Å². The summed E-state index contributed by atoms with van der Waals surface area (Å²) in [6.07, 6.45) is 11.7. The molecule has 4 heterocycles. The minimum absolute atomic E-state index is 0.150. The van der Waals surface area contributed by atoms with Gasteiger partial charge in [-0.05, 0) is 0 Å². The predicted molar refractivity (Wildman–Crippen MR) is 161 cm³/mol. The van der Waals surface area contributed by atoms with Gasteiger partial charge in [0.15, 0.2) is 0 Å². The van der Waals surface area contributed by atoms with E-state index in [1.165, 1.54) is 24.3 Å². The van der Waals surface area contributed by atoms with Gasteiger partial charge in [-0.3, -0.25) is 0 Å². The van der Waals surface area contributed by atoms with Gasteiger partial charge < -0.3 is 0 Å². The van der Waals surface area contributed by atoms with Crippen molar-refractivity contribution in [2.75, 3.05) is 0 Å². The predicted octanol–water partition coefficient (Wildman–Crippen LogP) is 7.29. The molecule has 0 unspecified atom stereocenters. The van der Waals surface area contributed by atoms with E-state index < -0.39 is 39.9 Å². The van der Waals surface area contributed by atoms with E-state index in [0.29, 0.717) is 47.0 Å². The number of aromatic nitrogens is 2. The van der Waals surface area contributed by atoms with Crippen molar-refractivity contribution in [3.05, 3.63) is 138 Å². The number of fused-ring (bicyclic) bond motifs is 2. The summed E-state index contributed by atoms with van der Waals surface area (Å²) in [5.41, 5.74) is 5.33. The molecule has 0 fully saturated rings. The summed E-state index contributed by atoms with van der Waals surface area (Å²) in [7, 11) is 0. The molecule has 2 aromatic carbocycles. The van der Waals surface area contributed by atoms with Crippen molar-refractivity contribution >= 4 is 7.74 Å². The van der Waals surface area contributed by atoms with Crippen LogP contribution in [0.1, 0.15) is 46.7 Å². The van der Waals surface area contributed by atoms with Gasteiger partial charge >= 0.3 is 263 Å². The molecule has 0 bridgehead atoms. The first-order valence-electron chi connectivity index (χ1n) is 15.1. The molecule has 4 aliphatic rings. The molecule has 4 nitrogen and oxygen atoms in total. The van der Waals surface area contributed by atoms with E-state index in [4.69, 9.17) is 9.47 Å². The Labute approximate surface area is 261 Å². The van der Waals surface area contributed by atoms with Crippen LogP contribution in [0.15, 0.2) is 80.6 Å². The van der Waals surface area contributed by atoms with Crippen LogP contribution in [-0.2, 0) is 52.5 Å². The molecule has 2 aliphatic heterocycles. The molecule has 45 heavy (non-hydrogen) atoms. The molecule has 0 amide bonds. The molecular weight excluding hydrogens is 616 g/mol. The Kier molecular flexibility index (Phi) is 6.84. The summed E-state index contributed by atoms with van der Waals surface area (Å²) >= 11 is -5.03. The third kappa shape index (κ3) is 4.09. The van der Waals surface area contributed by atoms with Gasteiger partial charge in [0, 0.05) is 0 Å². The maximum atomic E-state index is 17.5. The van der Waals surface area contributed by atoms with E-state index in [0.717, 1.165) is 33.9 Å². The zero-order chi connectivity index (χ0) is 31.0. The van der Waals surface area contributed by atoms with Gasteiger partial charge in [-0.2, -0.15) is 0 Å². The Morgan fingerprint density at radius 2 is 1.07 bits per heavy atom. The molecule has 2 aromatic heterocycles. The van der Waals surface area contributed by atoms with E-state index in [1.807, 2.05) is 62.4 Å². The van der Waals surface area contributed by atoms with Crippen molar-refractivity contribution in [1.82, 2.24) is 9.13 Å². The molecule has 8 rings (SSSR count). The summed E-state index contributed by atoms with van der Waals surface area (Å²) in [5, 5.41) is 0. The number of benzene rings is 2. The third-order valence-corrected chi connectivity index (χ3v) is 17.6. The second-order valence-electron chi connectivity index (χ2n) is 12.1. The van der Waals surface area contributed by atoms with Crippen LogP contribution in [0.25, 0.3) is 11.4 Å². The van der Waals surface area contributed by atoms with Crippen molar-refractivity contribution in [1.29, 1.82) is 0 Å². The summed E-state index contributed by atoms with van der Waals surface area (Å²) in [6, 6.07) is 9.23. The van der Waals surface area contributed by atoms with Gasteiger partial charge in [0.25, 0.3) is 0 Å². The van der Waals surface area contributed by atoms with Crippen LogP contribution < -0.4 is 7.74 Å². The number of allylic oxidation sites excluding steroid dienone is 8. The summed E-state index contributed by atoms with van der Waals surface area (Å²) in [6.45, 7) is 5.14. The molecule has 0 N–H and O–H groups in total. The molecule has 4 aromatic rings. The Balaban J connectivity index is 1.47. The Morgan fingerprint density at radius 3 is 1.47 bits per heavy atom. The van der Waals surface area contributed by atoms with E-state index >= 15 is 17.6 Å². The van der Waals surface area contributed by atoms with Crippen molar-refractivity contribution in [3.8, 4) is 11.4 Å². The van der Waals surface area contributed by atoms with Gasteiger partial charge in [-0.1, -0.05) is 0 Å². The van der Waals surface area contributed by atoms with Crippen LogP contribution in [0, 0.1) is 37.1 Å². The SMILES string of the molecule is Cc1cc2c(n1-c1ccc(F)[c]([Ti]([C]3=CC=CC3)([C]3=CC=CC3)[c]3c(F)ccc(-n4c(C)cc5c4COC5)c3F)c1F)COC2. The standard InChI is InChI=1S/2C13H10F2NO.2C5H5.Ti/c2*1-8-4-9-6-17-7-13(9)16(8)12-3-2-10(14)5-11(12)15;2*1-2-4-5-3-1;/h2*2-4H,6-7H2,1H3;2*1-3H,4H2;. The fourth-order valence-corrected chi connectivity index (χ4v) is 16.1. The fourth-order valence-electron chi connectivity index (χ4n) is 7.80. The second-order valence-corrected chi connectivity index (χ2v) is 18.0. The van der Waals surface area contributed by atoms with Crippen LogP contribution in [0.2, 0.25) is 0 Å². The summed E-state index contributed by atoms with van der Waals surface area (Å²) in [5.74, 6) is -3.19. The van der Waals surface area contributed by atoms with Gasteiger partial charge in [0.1, 0.15) is 0 Å². The van der Waals surface area contributed by atoms with Gasteiger partial charge in [0.2, 0.25) is 0 Å². The number of hydrogen-bond acceptors (Lipinski definition) is 2. The number of hydrogen-bond donors (Lipinski definition) is 0.